The van der Waals surface area contributed by atoms with Crippen molar-refractivity contribution in [3.8, 4) is 10.4 Å². The van der Waals surface area contributed by atoms with Crippen LogP contribution in [0.25, 0.3) is 10.4 Å². The summed E-state index contributed by atoms with van der Waals surface area (Å²) < 4.78 is 26.1. The second-order valence-corrected chi connectivity index (χ2v) is 4.72. The van der Waals surface area contributed by atoms with Crippen molar-refractivity contribution < 1.29 is 8.78 Å². The van der Waals surface area contributed by atoms with Crippen molar-refractivity contribution in [2.75, 3.05) is 0 Å². The monoisotopic (exact) mass is 239 g/mol. The predicted octanol–water partition coefficient (Wildman–Crippen LogP) is 3.46. The molecule has 2 rings (SSSR count). The van der Waals surface area contributed by atoms with E-state index in [1.165, 1.54) is 23.5 Å². The third-order valence-corrected chi connectivity index (χ3v) is 3.60. The Balaban J connectivity index is 2.53. The molecule has 1 nitrogen and oxygen atoms in total. The zero-order valence-corrected chi connectivity index (χ0v) is 9.57. The van der Waals surface area contributed by atoms with E-state index in [0.717, 1.165) is 21.4 Å². The van der Waals surface area contributed by atoms with Crippen LogP contribution in [0.15, 0.2) is 24.3 Å². The third kappa shape index (κ3) is 2.13. The first-order chi connectivity index (χ1) is 7.60. The molecule has 0 bridgehead atoms. The van der Waals surface area contributed by atoms with Crippen LogP contribution in [0.2, 0.25) is 0 Å². The lowest BCUT2D eigenvalue weighted by atomic mass is 10.1. The zero-order chi connectivity index (χ0) is 11.7. The van der Waals surface area contributed by atoms with Crippen molar-refractivity contribution in [2.24, 2.45) is 5.73 Å². The molecule has 2 N–H and O–H groups in total. The molecule has 0 atom stereocenters. The van der Waals surface area contributed by atoms with Crippen molar-refractivity contribution in [3.63, 3.8) is 0 Å². The van der Waals surface area contributed by atoms with E-state index >= 15 is 0 Å². The first-order valence-electron chi connectivity index (χ1n) is 4.86. The standard InChI is InChI=1S/C12H11F2NS/c1-7-2-11(6-15)16-12(7)8-3-9(13)5-10(14)4-8/h2-5H,6,15H2,1H3. The molecule has 0 spiro atoms. The Labute approximate surface area is 96.5 Å². The minimum atomic E-state index is -0.558. The fourth-order valence-electron chi connectivity index (χ4n) is 1.62. The highest BCUT2D eigenvalue weighted by atomic mass is 32.1. The van der Waals surface area contributed by atoms with Crippen LogP contribution in [0.3, 0.4) is 0 Å². The summed E-state index contributed by atoms with van der Waals surface area (Å²) >= 11 is 1.47. The molecule has 1 aromatic carbocycles. The summed E-state index contributed by atoms with van der Waals surface area (Å²) in [6.45, 7) is 2.36. The summed E-state index contributed by atoms with van der Waals surface area (Å²) in [6, 6.07) is 5.49. The minimum Gasteiger partial charge on any atom is -0.326 e. The highest BCUT2D eigenvalue weighted by Gasteiger charge is 2.09. The van der Waals surface area contributed by atoms with Crippen LogP contribution in [0.1, 0.15) is 10.4 Å². The second kappa shape index (κ2) is 4.31. The van der Waals surface area contributed by atoms with Crippen LogP contribution in [-0.2, 0) is 6.54 Å². The lowest BCUT2D eigenvalue weighted by Gasteiger charge is -2.00. The fraction of sp³-hybridized carbons (Fsp3) is 0.167. The zero-order valence-electron chi connectivity index (χ0n) is 8.76. The molecule has 0 unspecified atom stereocenters. The summed E-state index contributed by atoms with van der Waals surface area (Å²) in [5.74, 6) is -1.12. The van der Waals surface area contributed by atoms with Gasteiger partial charge in [-0.15, -0.1) is 11.3 Å². The first kappa shape index (κ1) is 11.2. The molecule has 0 saturated carbocycles. The van der Waals surface area contributed by atoms with Gasteiger partial charge in [-0.05, 0) is 36.2 Å². The molecule has 0 radical (unpaired) electrons. The highest BCUT2D eigenvalue weighted by molar-refractivity contribution is 7.15. The number of rotatable bonds is 2. The van der Waals surface area contributed by atoms with Crippen molar-refractivity contribution in [3.05, 3.63) is 46.3 Å². The maximum atomic E-state index is 13.1. The number of thiophene rings is 1. The maximum Gasteiger partial charge on any atom is 0.126 e. The summed E-state index contributed by atoms with van der Waals surface area (Å²) in [4.78, 5) is 1.89. The van der Waals surface area contributed by atoms with Gasteiger partial charge in [-0.2, -0.15) is 0 Å². The number of hydrogen-bond acceptors (Lipinski definition) is 2. The fourth-order valence-corrected chi connectivity index (χ4v) is 2.66. The molecule has 4 heteroatoms. The van der Waals surface area contributed by atoms with Crippen LogP contribution >= 0.6 is 11.3 Å². The molecule has 0 aliphatic rings. The smallest absolute Gasteiger partial charge is 0.126 e. The van der Waals surface area contributed by atoms with E-state index < -0.39 is 11.6 Å². The van der Waals surface area contributed by atoms with E-state index in [2.05, 4.69) is 0 Å². The molecule has 84 valence electrons. The van der Waals surface area contributed by atoms with Crippen LogP contribution < -0.4 is 5.73 Å². The Morgan fingerprint density at radius 3 is 2.25 bits per heavy atom. The Kier molecular flexibility index (Phi) is 3.03. The van der Waals surface area contributed by atoms with Gasteiger partial charge in [-0.3, -0.25) is 0 Å². The van der Waals surface area contributed by atoms with Gasteiger partial charge in [0.1, 0.15) is 11.6 Å². The van der Waals surface area contributed by atoms with E-state index in [1.807, 2.05) is 13.0 Å². The highest BCUT2D eigenvalue weighted by Crippen LogP contribution is 2.32. The Bertz CT molecular complexity index is 499. The number of halogens is 2. The van der Waals surface area contributed by atoms with Gasteiger partial charge in [-0.1, -0.05) is 0 Å². The topological polar surface area (TPSA) is 26.0 Å². The quantitative estimate of drug-likeness (QED) is 0.853. The average molecular weight is 239 g/mol. The Morgan fingerprint density at radius 1 is 1.12 bits per heavy atom. The first-order valence-corrected chi connectivity index (χ1v) is 5.67. The summed E-state index contributed by atoms with van der Waals surface area (Å²) in [5, 5.41) is 0. The third-order valence-electron chi connectivity index (χ3n) is 2.29. The van der Waals surface area contributed by atoms with Gasteiger partial charge in [0.15, 0.2) is 0 Å². The number of nitrogens with two attached hydrogens (primary N) is 1. The van der Waals surface area contributed by atoms with Crippen molar-refractivity contribution in [2.45, 2.75) is 13.5 Å². The van der Waals surface area contributed by atoms with Gasteiger partial charge in [0.05, 0.1) is 0 Å². The van der Waals surface area contributed by atoms with Crippen molar-refractivity contribution >= 4 is 11.3 Å². The predicted molar refractivity (Wildman–Crippen MR) is 62.3 cm³/mol. The number of hydrogen-bond donors (Lipinski definition) is 1. The van der Waals surface area contributed by atoms with Crippen LogP contribution in [0.4, 0.5) is 8.78 Å². The molecular weight excluding hydrogens is 228 g/mol. The molecular formula is C12H11F2NS. The second-order valence-electron chi connectivity index (χ2n) is 3.59. The van der Waals surface area contributed by atoms with Gasteiger partial charge in [0.25, 0.3) is 0 Å². The molecule has 1 heterocycles. The van der Waals surface area contributed by atoms with Crippen molar-refractivity contribution in [1.29, 1.82) is 0 Å². The van der Waals surface area contributed by atoms with Gasteiger partial charge in [-0.25, -0.2) is 8.78 Å². The van der Waals surface area contributed by atoms with E-state index in [9.17, 15) is 8.78 Å². The molecule has 0 saturated heterocycles. The van der Waals surface area contributed by atoms with E-state index in [1.54, 1.807) is 0 Å². The van der Waals surface area contributed by atoms with Gasteiger partial charge in [0.2, 0.25) is 0 Å². The summed E-state index contributed by atoms with van der Waals surface area (Å²) in [5.41, 5.74) is 7.10. The Hall–Kier alpha value is -1.26. The molecule has 16 heavy (non-hydrogen) atoms. The molecule has 0 aliphatic carbocycles. The molecule has 0 aliphatic heterocycles. The summed E-state index contributed by atoms with van der Waals surface area (Å²) in [7, 11) is 0. The molecule has 1 aromatic heterocycles. The van der Waals surface area contributed by atoms with Gasteiger partial charge < -0.3 is 5.73 Å². The van der Waals surface area contributed by atoms with Crippen LogP contribution in [-0.4, -0.2) is 0 Å². The summed E-state index contributed by atoms with van der Waals surface area (Å²) in [6.07, 6.45) is 0. The van der Waals surface area contributed by atoms with Crippen LogP contribution in [0.5, 0.6) is 0 Å². The number of aryl methyl sites for hydroxylation is 1. The average Bonchev–Trinajstić information content (AvgIpc) is 2.58. The molecule has 0 fully saturated rings. The molecule has 0 amide bonds. The molecule has 2 aromatic rings. The van der Waals surface area contributed by atoms with Crippen molar-refractivity contribution in [1.82, 2.24) is 0 Å². The van der Waals surface area contributed by atoms with E-state index in [-0.39, 0.29) is 0 Å². The maximum absolute atomic E-state index is 13.1. The largest absolute Gasteiger partial charge is 0.326 e. The number of benzene rings is 1. The van der Waals surface area contributed by atoms with Crippen LogP contribution in [0, 0.1) is 18.6 Å². The van der Waals surface area contributed by atoms with E-state index in [4.69, 9.17) is 5.73 Å². The lowest BCUT2D eigenvalue weighted by Crippen LogP contribution is -1.91. The normalized spacial score (nSPS) is 10.8. The lowest BCUT2D eigenvalue weighted by molar-refractivity contribution is 0.584. The Morgan fingerprint density at radius 2 is 1.75 bits per heavy atom. The van der Waals surface area contributed by atoms with E-state index in [0.29, 0.717) is 12.1 Å². The van der Waals surface area contributed by atoms with Gasteiger partial charge >= 0.3 is 0 Å². The SMILES string of the molecule is Cc1cc(CN)sc1-c1cc(F)cc(F)c1. The minimum absolute atomic E-state index is 0.448. The van der Waals surface area contributed by atoms with Gasteiger partial charge in [0, 0.05) is 22.4 Å².